The molecule has 0 saturated carbocycles. The van der Waals surface area contributed by atoms with E-state index in [-0.39, 0.29) is 0 Å². The summed E-state index contributed by atoms with van der Waals surface area (Å²) in [5.41, 5.74) is 1.08. The van der Waals surface area contributed by atoms with E-state index < -0.39 is 0 Å². The molecule has 0 spiro atoms. The molecule has 0 atom stereocenters. The number of aryl methyl sites for hydroxylation is 2. The normalized spacial score (nSPS) is 11.5. The van der Waals surface area contributed by atoms with E-state index >= 15 is 0 Å². The van der Waals surface area contributed by atoms with Crippen molar-refractivity contribution in [3.63, 3.8) is 0 Å². The molecule has 0 unspecified atom stereocenters. The van der Waals surface area contributed by atoms with Crippen molar-refractivity contribution in [1.82, 2.24) is 15.2 Å². The van der Waals surface area contributed by atoms with Crippen molar-refractivity contribution in [3.8, 4) is 5.75 Å². The second-order valence-electron chi connectivity index (χ2n) is 5.37. The van der Waals surface area contributed by atoms with Gasteiger partial charge < -0.3 is 15.0 Å². The van der Waals surface area contributed by atoms with Gasteiger partial charge in [-0.15, -0.1) is 11.3 Å². The molecular weight excluding hydrogens is 344 g/mol. The van der Waals surface area contributed by atoms with Crippen LogP contribution in [0.1, 0.15) is 15.6 Å². The maximum absolute atomic E-state index is 5.95. The van der Waals surface area contributed by atoms with Crippen molar-refractivity contribution in [2.75, 3.05) is 27.2 Å². The fourth-order valence-corrected chi connectivity index (χ4v) is 3.30. The number of guanidine groups is 1. The quantitative estimate of drug-likeness (QED) is 0.628. The summed E-state index contributed by atoms with van der Waals surface area (Å²) in [7, 11) is 3.77. The highest BCUT2D eigenvalue weighted by atomic mass is 35.5. The topological polar surface area (TPSA) is 49.8 Å². The predicted octanol–water partition coefficient (Wildman–Crippen LogP) is 3.50. The average Bonchev–Trinajstić information content (AvgIpc) is 2.86. The number of aliphatic imine (C=N–C) groups is 1. The van der Waals surface area contributed by atoms with Crippen LogP contribution in [-0.4, -0.2) is 43.1 Å². The Morgan fingerprint density at radius 2 is 2.21 bits per heavy atom. The van der Waals surface area contributed by atoms with Gasteiger partial charge >= 0.3 is 0 Å². The Bertz CT molecular complexity index is 702. The van der Waals surface area contributed by atoms with Gasteiger partial charge in [-0.05, 0) is 32.0 Å². The van der Waals surface area contributed by atoms with Crippen LogP contribution in [0.2, 0.25) is 5.02 Å². The monoisotopic (exact) mass is 366 g/mol. The molecule has 1 N–H and O–H groups in total. The van der Waals surface area contributed by atoms with Crippen LogP contribution in [0.3, 0.4) is 0 Å². The summed E-state index contributed by atoms with van der Waals surface area (Å²) in [6, 6.07) is 7.41. The second-order valence-corrected chi connectivity index (χ2v) is 7.09. The number of ether oxygens (including phenoxy) is 1. The van der Waals surface area contributed by atoms with E-state index in [1.54, 1.807) is 18.4 Å². The molecule has 0 radical (unpaired) electrons. The number of aromatic nitrogens is 1. The molecule has 5 nitrogen and oxygen atoms in total. The lowest BCUT2D eigenvalue weighted by Crippen LogP contribution is -2.40. The van der Waals surface area contributed by atoms with E-state index in [1.807, 2.05) is 50.1 Å². The Balaban J connectivity index is 1.81. The van der Waals surface area contributed by atoms with Gasteiger partial charge in [-0.3, -0.25) is 4.99 Å². The molecule has 0 aliphatic carbocycles. The molecule has 24 heavy (non-hydrogen) atoms. The Kier molecular flexibility index (Phi) is 6.87. The number of thiazole rings is 1. The van der Waals surface area contributed by atoms with E-state index in [9.17, 15) is 0 Å². The minimum Gasteiger partial charge on any atom is -0.492 e. The van der Waals surface area contributed by atoms with Crippen LogP contribution < -0.4 is 10.1 Å². The maximum Gasteiger partial charge on any atom is 0.193 e. The first-order chi connectivity index (χ1) is 11.5. The van der Waals surface area contributed by atoms with Gasteiger partial charge in [-0.25, -0.2) is 4.98 Å². The zero-order chi connectivity index (χ0) is 17.5. The molecule has 0 bridgehead atoms. The predicted molar refractivity (Wildman–Crippen MR) is 101 cm³/mol. The highest BCUT2D eigenvalue weighted by Gasteiger charge is 2.09. The molecular formula is C17H23ClN4OS. The SMILES string of the molecule is CN=C(NCc1sc(C)nc1C)N(C)CCOc1cccc(Cl)c1. The molecule has 7 heteroatoms. The molecule has 0 amide bonds. The van der Waals surface area contributed by atoms with Crippen LogP contribution in [0, 0.1) is 13.8 Å². The molecule has 2 aromatic rings. The number of halogens is 1. The summed E-state index contributed by atoms with van der Waals surface area (Å²) >= 11 is 7.66. The van der Waals surface area contributed by atoms with Crippen LogP contribution in [0.5, 0.6) is 5.75 Å². The molecule has 2 rings (SSSR count). The highest BCUT2D eigenvalue weighted by Crippen LogP contribution is 2.17. The molecule has 0 aliphatic heterocycles. The van der Waals surface area contributed by atoms with Crippen molar-refractivity contribution in [1.29, 1.82) is 0 Å². The third-order valence-electron chi connectivity index (χ3n) is 3.47. The number of hydrogen-bond donors (Lipinski definition) is 1. The number of likely N-dealkylation sites (N-methyl/N-ethyl adjacent to an activating group) is 1. The van der Waals surface area contributed by atoms with Crippen molar-refractivity contribution in [3.05, 3.63) is 44.9 Å². The lowest BCUT2D eigenvalue weighted by molar-refractivity contribution is 0.281. The summed E-state index contributed by atoms with van der Waals surface area (Å²) in [4.78, 5) is 12.0. The van der Waals surface area contributed by atoms with E-state index in [2.05, 4.69) is 15.3 Å². The van der Waals surface area contributed by atoms with Gasteiger partial charge in [0.25, 0.3) is 0 Å². The first-order valence-electron chi connectivity index (χ1n) is 7.72. The first-order valence-corrected chi connectivity index (χ1v) is 8.92. The van der Waals surface area contributed by atoms with Gasteiger partial charge in [0, 0.05) is 24.0 Å². The van der Waals surface area contributed by atoms with Crippen LogP contribution in [0.15, 0.2) is 29.3 Å². The van der Waals surface area contributed by atoms with Crippen molar-refractivity contribution in [2.45, 2.75) is 20.4 Å². The standard InChI is InChI=1S/C17H23ClN4OS/c1-12-16(24-13(2)21-12)11-20-17(19-3)22(4)8-9-23-15-7-5-6-14(18)10-15/h5-7,10H,8-9,11H2,1-4H3,(H,19,20). The third kappa shape index (κ3) is 5.39. The van der Waals surface area contributed by atoms with Crippen molar-refractivity contribution in [2.24, 2.45) is 4.99 Å². The van der Waals surface area contributed by atoms with Gasteiger partial charge in [-0.1, -0.05) is 17.7 Å². The lowest BCUT2D eigenvalue weighted by atomic mass is 10.3. The van der Waals surface area contributed by atoms with Gasteiger partial charge in [0.2, 0.25) is 0 Å². The lowest BCUT2D eigenvalue weighted by Gasteiger charge is -2.22. The van der Waals surface area contributed by atoms with Crippen LogP contribution >= 0.6 is 22.9 Å². The molecule has 0 aliphatic rings. The third-order valence-corrected chi connectivity index (χ3v) is 4.78. The summed E-state index contributed by atoms with van der Waals surface area (Å²) in [5.74, 6) is 1.60. The molecule has 0 saturated heterocycles. The van der Waals surface area contributed by atoms with Gasteiger partial charge in [0.15, 0.2) is 5.96 Å². The fraction of sp³-hybridized carbons (Fsp3) is 0.412. The zero-order valence-corrected chi connectivity index (χ0v) is 16.0. The first kappa shape index (κ1) is 18.5. The number of nitrogens with zero attached hydrogens (tertiary/aromatic N) is 3. The number of rotatable bonds is 6. The van der Waals surface area contributed by atoms with Crippen LogP contribution in [0.4, 0.5) is 0 Å². The summed E-state index contributed by atoms with van der Waals surface area (Å²) in [6.45, 7) is 6.05. The maximum atomic E-state index is 5.95. The summed E-state index contributed by atoms with van der Waals surface area (Å²) in [5, 5.41) is 5.13. The van der Waals surface area contributed by atoms with E-state index in [0.29, 0.717) is 18.2 Å². The van der Waals surface area contributed by atoms with Gasteiger partial charge in [0.05, 0.1) is 23.8 Å². The van der Waals surface area contributed by atoms with Crippen molar-refractivity contribution >= 4 is 28.9 Å². The molecule has 1 aromatic heterocycles. The second kappa shape index (κ2) is 8.89. The van der Waals surface area contributed by atoms with Gasteiger partial charge in [-0.2, -0.15) is 0 Å². The Hall–Kier alpha value is -1.79. The summed E-state index contributed by atoms with van der Waals surface area (Å²) in [6.07, 6.45) is 0. The average molecular weight is 367 g/mol. The Morgan fingerprint density at radius 1 is 1.42 bits per heavy atom. The van der Waals surface area contributed by atoms with Crippen LogP contribution in [-0.2, 0) is 6.54 Å². The molecule has 130 valence electrons. The van der Waals surface area contributed by atoms with E-state index in [1.165, 1.54) is 4.88 Å². The summed E-state index contributed by atoms with van der Waals surface area (Å²) < 4.78 is 5.72. The Labute approximate surface area is 152 Å². The van der Waals surface area contributed by atoms with Crippen molar-refractivity contribution < 1.29 is 4.74 Å². The minimum atomic E-state index is 0.552. The highest BCUT2D eigenvalue weighted by molar-refractivity contribution is 7.11. The molecule has 1 heterocycles. The van der Waals surface area contributed by atoms with E-state index in [0.717, 1.165) is 29.0 Å². The molecule has 0 fully saturated rings. The molecule has 1 aromatic carbocycles. The van der Waals surface area contributed by atoms with Gasteiger partial charge in [0.1, 0.15) is 12.4 Å². The van der Waals surface area contributed by atoms with Crippen LogP contribution in [0.25, 0.3) is 0 Å². The largest absolute Gasteiger partial charge is 0.492 e. The smallest absolute Gasteiger partial charge is 0.193 e. The zero-order valence-electron chi connectivity index (χ0n) is 14.5. The minimum absolute atomic E-state index is 0.552. The van der Waals surface area contributed by atoms with E-state index in [4.69, 9.17) is 16.3 Å². The fourth-order valence-electron chi connectivity index (χ4n) is 2.24. The number of hydrogen-bond acceptors (Lipinski definition) is 4. The number of nitrogens with one attached hydrogen (secondary N) is 1. The Morgan fingerprint density at radius 3 is 2.83 bits per heavy atom. The number of benzene rings is 1.